The van der Waals surface area contributed by atoms with Gasteiger partial charge in [0, 0.05) is 26.1 Å². The fourth-order valence-electron chi connectivity index (χ4n) is 3.00. The van der Waals surface area contributed by atoms with Crippen LogP contribution in [0.5, 0.6) is 0 Å². The van der Waals surface area contributed by atoms with Gasteiger partial charge in [-0.3, -0.25) is 14.5 Å². The highest BCUT2D eigenvalue weighted by atomic mass is 16.2. The smallest absolute Gasteiger partial charge is 0.229 e. The van der Waals surface area contributed by atoms with E-state index in [1.165, 1.54) is 19.3 Å². The summed E-state index contributed by atoms with van der Waals surface area (Å²) >= 11 is 0. The number of anilines is 2. The quantitative estimate of drug-likeness (QED) is 0.896. The Morgan fingerprint density at radius 1 is 1.24 bits per heavy atom. The van der Waals surface area contributed by atoms with Crippen LogP contribution < -0.4 is 15.5 Å². The molecule has 0 bridgehead atoms. The Kier molecular flexibility index (Phi) is 3.77. The molecule has 1 aromatic rings. The van der Waals surface area contributed by atoms with Crippen molar-refractivity contribution >= 4 is 23.3 Å². The zero-order valence-corrected chi connectivity index (χ0v) is 12.0. The molecule has 1 unspecified atom stereocenters. The number of hydrogen-bond donors (Lipinski definition) is 1. The van der Waals surface area contributed by atoms with Gasteiger partial charge in [0.05, 0.1) is 17.8 Å². The second kappa shape index (κ2) is 5.71. The van der Waals surface area contributed by atoms with E-state index in [0.29, 0.717) is 12.4 Å². The summed E-state index contributed by atoms with van der Waals surface area (Å²) in [5, 5.41) is 0. The van der Waals surface area contributed by atoms with E-state index in [0.717, 1.165) is 18.8 Å². The molecule has 0 saturated carbocycles. The monoisotopic (exact) mass is 288 g/mol. The van der Waals surface area contributed by atoms with Gasteiger partial charge in [0.1, 0.15) is 5.82 Å². The third-order valence-corrected chi connectivity index (χ3v) is 4.26. The van der Waals surface area contributed by atoms with E-state index in [1.807, 2.05) is 18.3 Å². The van der Waals surface area contributed by atoms with Crippen LogP contribution in [0.4, 0.5) is 11.5 Å². The highest BCUT2D eigenvalue weighted by Gasteiger charge is 2.34. The zero-order valence-electron chi connectivity index (χ0n) is 12.0. The average Bonchev–Trinajstić information content (AvgIpc) is 2.91. The van der Waals surface area contributed by atoms with Gasteiger partial charge < -0.3 is 10.6 Å². The molecule has 2 amide bonds. The molecule has 3 heterocycles. The first kappa shape index (κ1) is 13.9. The lowest BCUT2D eigenvalue weighted by molar-refractivity contribution is -0.123. The minimum atomic E-state index is -0.421. The summed E-state index contributed by atoms with van der Waals surface area (Å²) in [6.45, 7) is 2.46. The highest BCUT2D eigenvalue weighted by Crippen LogP contribution is 2.26. The Morgan fingerprint density at radius 3 is 2.57 bits per heavy atom. The molecule has 0 aromatic carbocycles. The van der Waals surface area contributed by atoms with Crippen LogP contribution >= 0.6 is 0 Å². The van der Waals surface area contributed by atoms with Crippen LogP contribution in [0.3, 0.4) is 0 Å². The van der Waals surface area contributed by atoms with Crippen molar-refractivity contribution in [2.24, 2.45) is 11.7 Å². The van der Waals surface area contributed by atoms with Crippen molar-refractivity contribution in [2.75, 3.05) is 29.4 Å². The number of pyridine rings is 1. The van der Waals surface area contributed by atoms with Gasteiger partial charge >= 0.3 is 0 Å². The van der Waals surface area contributed by atoms with E-state index >= 15 is 0 Å². The number of aromatic nitrogens is 1. The Morgan fingerprint density at radius 2 is 2.00 bits per heavy atom. The van der Waals surface area contributed by atoms with E-state index in [9.17, 15) is 9.59 Å². The summed E-state index contributed by atoms with van der Waals surface area (Å²) in [6, 6.07) is 3.85. The Balaban J connectivity index is 1.72. The number of carbonyl (C=O) groups excluding carboxylic acids is 2. The lowest BCUT2D eigenvalue weighted by Gasteiger charge is -2.28. The van der Waals surface area contributed by atoms with Crippen LogP contribution in [0.15, 0.2) is 18.3 Å². The lowest BCUT2D eigenvalue weighted by Crippen LogP contribution is -2.30. The molecule has 0 spiro atoms. The van der Waals surface area contributed by atoms with Crippen LogP contribution in [-0.4, -0.2) is 36.4 Å². The molecule has 2 N–H and O–H groups in total. The molecule has 1 atom stereocenters. The maximum Gasteiger partial charge on any atom is 0.229 e. The fourth-order valence-corrected chi connectivity index (χ4v) is 3.00. The molecule has 1 aromatic heterocycles. The van der Waals surface area contributed by atoms with Crippen LogP contribution in [0, 0.1) is 5.92 Å². The van der Waals surface area contributed by atoms with Gasteiger partial charge in [-0.05, 0) is 31.4 Å². The minimum absolute atomic E-state index is 0.0861. The zero-order chi connectivity index (χ0) is 14.8. The number of piperidine rings is 1. The number of nitrogens with zero attached hydrogens (tertiary/aromatic N) is 3. The summed E-state index contributed by atoms with van der Waals surface area (Å²) in [4.78, 5) is 31.4. The third kappa shape index (κ3) is 2.84. The van der Waals surface area contributed by atoms with Gasteiger partial charge in [0.15, 0.2) is 0 Å². The molecule has 6 nitrogen and oxygen atoms in total. The highest BCUT2D eigenvalue weighted by molar-refractivity contribution is 5.99. The number of carbonyl (C=O) groups is 2. The number of amides is 2. The largest absolute Gasteiger partial charge is 0.370 e. The lowest BCUT2D eigenvalue weighted by atomic mass is 10.1. The van der Waals surface area contributed by atoms with E-state index in [4.69, 9.17) is 5.73 Å². The third-order valence-electron chi connectivity index (χ3n) is 4.26. The Bertz CT molecular complexity index is 537. The van der Waals surface area contributed by atoms with Crippen LogP contribution in [0.1, 0.15) is 25.7 Å². The number of nitrogens with two attached hydrogens (primary N) is 1. The molecular formula is C15H20N4O2. The average molecular weight is 288 g/mol. The Hall–Kier alpha value is -2.11. The fraction of sp³-hybridized carbons (Fsp3) is 0.533. The molecule has 0 aliphatic carbocycles. The number of hydrogen-bond acceptors (Lipinski definition) is 4. The molecule has 6 heteroatoms. The number of primary amides is 1. The number of rotatable bonds is 3. The van der Waals surface area contributed by atoms with Gasteiger partial charge in [-0.25, -0.2) is 4.98 Å². The summed E-state index contributed by atoms with van der Waals surface area (Å²) in [5.74, 6) is -0.307. The van der Waals surface area contributed by atoms with Gasteiger partial charge in [-0.15, -0.1) is 0 Å². The topological polar surface area (TPSA) is 79.5 Å². The van der Waals surface area contributed by atoms with Gasteiger partial charge in [0.2, 0.25) is 11.8 Å². The maximum absolute atomic E-state index is 11.9. The first-order valence-electron chi connectivity index (χ1n) is 7.46. The normalized spacial score (nSPS) is 22.7. The van der Waals surface area contributed by atoms with Crippen molar-refractivity contribution in [3.63, 3.8) is 0 Å². The van der Waals surface area contributed by atoms with Crippen molar-refractivity contribution in [2.45, 2.75) is 25.7 Å². The standard InChI is InChI=1S/C15H20N4O2/c16-15(21)11-8-14(20)19(10-11)13-5-4-12(9-17-13)18-6-2-1-3-7-18/h4-5,9,11H,1-3,6-8,10H2,(H2,16,21). The van der Waals surface area contributed by atoms with Crippen molar-refractivity contribution in [3.8, 4) is 0 Å². The van der Waals surface area contributed by atoms with Crippen molar-refractivity contribution in [3.05, 3.63) is 18.3 Å². The van der Waals surface area contributed by atoms with E-state index in [2.05, 4.69) is 9.88 Å². The molecule has 112 valence electrons. The maximum atomic E-state index is 11.9. The molecule has 2 saturated heterocycles. The molecule has 0 radical (unpaired) electrons. The SMILES string of the molecule is NC(=O)C1CC(=O)N(c2ccc(N3CCCCC3)cn2)C1. The second-order valence-corrected chi connectivity index (χ2v) is 5.73. The van der Waals surface area contributed by atoms with Gasteiger partial charge in [-0.2, -0.15) is 0 Å². The summed E-state index contributed by atoms with van der Waals surface area (Å²) in [7, 11) is 0. The van der Waals surface area contributed by atoms with Gasteiger partial charge in [-0.1, -0.05) is 0 Å². The first-order chi connectivity index (χ1) is 10.1. The van der Waals surface area contributed by atoms with Crippen LogP contribution in [-0.2, 0) is 9.59 Å². The van der Waals surface area contributed by atoms with E-state index < -0.39 is 11.8 Å². The van der Waals surface area contributed by atoms with Crippen LogP contribution in [0.2, 0.25) is 0 Å². The molecule has 2 aliphatic rings. The molecule has 21 heavy (non-hydrogen) atoms. The first-order valence-corrected chi connectivity index (χ1v) is 7.46. The second-order valence-electron chi connectivity index (χ2n) is 5.73. The van der Waals surface area contributed by atoms with Gasteiger partial charge in [0.25, 0.3) is 0 Å². The molecular weight excluding hydrogens is 268 g/mol. The molecule has 3 rings (SSSR count). The summed E-state index contributed by atoms with van der Waals surface area (Å²) in [6.07, 6.45) is 5.72. The molecule has 2 fully saturated rings. The summed E-state index contributed by atoms with van der Waals surface area (Å²) < 4.78 is 0. The summed E-state index contributed by atoms with van der Waals surface area (Å²) in [5.41, 5.74) is 6.37. The van der Waals surface area contributed by atoms with Crippen molar-refractivity contribution < 1.29 is 9.59 Å². The van der Waals surface area contributed by atoms with Crippen molar-refractivity contribution in [1.82, 2.24) is 4.98 Å². The minimum Gasteiger partial charge on any atom is -0.370 e. The predicted octanol–water partition coefficient (Wildman–Crippen LogP) is 0.910. The van der Waals surface area contributed by atoms with E-state index in [-0.39, 0.29) is 12.3 Å². The predicted molar refractivity (Wildman–Crippen MR) is 80.0 cm³/mol. The van der Waals surface area contributed by atoms with Crippen molar-refractivity contribution in [1.29, 1.82) is 0 Å². The Labute approximate surface area is 123 Å². The van der Waals surface area contributed by atoms with E-state index in [1.54, 1.807) is 4.90 Å². The van der Waals surface area contributed by atoms with Crippen LogP contribution in [0.25, 0.3) is 0 Å². The molecule has 2 aliphatic heterocycles.